The van der Waals surface area contributed by atoms with E-state index in [1.165, 1.54) is 0 Å². The van der Waals surface area contributed by atoms with Crippen molar-refractivity contribution in [3.63, 3.8) is 0 Å². The number of rotatable bonds is 11. The summed E-state index contributed by atoms with van der Waals surface area (Å²) < 4.78 is 7.39. The summed E-state index contributed by atoms with van der Waals surface area (Å²) in [5, 5.41) is 16.0. The van der Waals surface area contributed by atoms with Crippen LogP contribution in [-0.2, 0) is 22.6 Å². The number of thiazole rings is 1. The van der Waals surface area contributed by atoms with Gasteiger partial charge in [-0.3, -0.25) is 9.59 Å². The predicted octanol–water partition coefficient (Wildman–Crippen LogP) is 3.54. The number of amides is 2. The maximum atomic E-state index is 12.2. The minimum absolute atomic E-state index is 0.0169. The molecule has 0 radical (unpaired) electrons. The lowest BCUT2D eigenvalue weighted by molar-refractivity contribution is -0.124. The van der Waals surface area contributed by atoms with Gasteiger partial charge in [0.2, 0.25) is 11.8 Å². The Balaban J connectivity index is 1.46. The number of hydrogen-bond acceptors (Lipinski definition) is 6. The van der Waals surface area contributed by atoms with Crippen LogP contribution in [0.15, 0.2) is 30.5 Å². The molecular formula is C23H28N4O5S. The Morgan fingerprint density at radius 3 is 2.64 bits per heavy atom. The maximum Gasteiger partial charge on any atom is 0.355 e. The summed E-state index contributed by atoms with van der Waals surface area (Å²) in [6.45, 7) is 4.98. The number of anilines is 1. The second-order valence-corrected chi connectivity index (χ2v) is 9.08. The van der Waals surface area contributed by atoms with Gasteiger partial charge in [0.25, 0.3) is 0 Å². The number of carboxylic acid groups (broad SMARTS) is 1. The van der Waals surface area contributed by atoms with Crippen LogP contribution in [0, 0.1) is 5.92 Å². The molecule has 3 aromatic rings. The van der Waals surface area contributed by atoms with Gasteiger partial charge in [0.05, 0.1) is 12.6 Å². The Hall–Kier alpha value is -3.40. The molecule has 10 heteroatoms. The number of carbonyl (C=O) groups excluding carboxylic acids is 2. The standard InChI is InChI=1S/C23H28N4O5S/c1-14(2)13-18-21(22(30)31)26-23(33-18)25-20(29)8-7-19(28)24-10-12-27-11-9-15-16(27)5-4-6-17(15)32-3/h4-6,9,11,14H,7-8,10,12-13H2,1-3H3,(H,24,28)(H,30,31)(H,25,26,29). The van der Waals surface area contributed by atoms with Crippen molar-refractivity contribution < 1.29 is 24.2 Å². The molecule has 9 nitrogen and oxygen atoms in total. The zero-order valence-electron chi connectivity index (χ0n) is 18.9. The quantitative estimate of drug-likeness (QED) is 0.392. The summed E-state index contributed by atoms with van der Waals surface area (Å²) in [4.78, 5) is 40.4. The number of nitrogens with zero attached hydrogens (tertiary/aromatic N) is 2. The molecule has 2 heterocycles. The topological polar surface area (TPSA) is 123 Å². The number of fused-ring (bicyclic) bond motifs is 1. The summed E-state index contributed by atoms with van der Waals surface area (Å²) >= 11 is 1.16. The Morgan fingerprint density at radius 2 is 1.94 bits per heavy atom. The van der Waals surface area contributed by atoms with Crippen molar-refractivity contribution in [3.8, 4) is 5.75 Å². The largest absolute Gasteiger partial charge is 0.496 e. The van der Waals surface area contributed by atoms with Gasteiger partial charge in [0.1, 0.15) is 5.75 Å². The van der Waals surface area contributed by atoms with Crippen LogP contribution in [0.1, 0.15) is 42.1 Å². The molecule has 33 heavy (non-hydrogen) atoms. The molecule has 0 saturated heterocycles. The van der Waals surface area contributed by atoms with Crippen molar-refractivity contribution in [1.29, 1.82) is 0 Å². The molecule has 0 fully saturated rings. The van der Waals surface area contributed by atoms with Crippen molar-refractivity contribution in [2.45, 2.75) is 39.7 Å². The number of ether oxygens (including phenoxy) is 1. The van der Waals surface area contributed by atoms with Gasteiger partial charge < -0.3 is 25.0 Å². The molecule has 0 aliphatic carbocycles. The second-order valence-electron chi connectivity index (χ2n) is 7.99. The van der Waals surface area contributed by atoms with E-state index in [1.807, 2.05) is 48.9 Å². The third-order valence-corrected chi connectivity index (χ3v) is 5.98. The summed E-state index contributed by atoms with van der Waals surface area (Å²) in [6, 6.07) is 7.79. The third kappa shape index (κ3) is 6.32. The molecule has 0 spiro atoms. The zero-order valence-corrected chi connectivity index (χ0v) is 19.7. The lowest BCUT2D eigenvalue weighted by Gasteiger charge is -2.08. The lowest BCUT2D eigenvalue weighted by Crippen LogP contribution is -2.28. The zero-order chi connectivity index (χ0) is 24.0. The van der Waals surface area contributed by atoms with E-state index in [0.717, 1.165) is 28.0 Å². The van der Waals surface area contributed by atoms with Crippen LogP contribution in [0.5, 0.6) is 5.75 Å². The monoisotopic (exact) mass is 472 g/mol. The van der Waals surface area contributed by atoms with Crippen molar-refractivity contribution in [2.24, 2.45) is 5.92 Å². The third-order valence-electron chi connectivity index (χ3n) is 4.99. The first-order valence-electron chi connectivity index (χ1n) is 10.7. The van der Waals surface area contributed by atoms with Crippen LogP contribution in [0.3, 0.4) is 0 Å². The van der Waals surface area contributed by atoms with Crippen LogP contribution >= 0.6 is 11.3 Å². The second kappa shape index (κ2) is 11.0. The SMILES string of the molecule is COc1cccc2c1ccn2CCNC(=O)CCC(=O)Nc1nc(C(=O)O)c(CC(C)C)s1. The van der Waals surface area contributed by atoms with Gasteiger partial charge in [0.15, 0.2) is 10.8 Å². The summed E-state index contributed by atoms with van der Waals surface area (Å²) in [5.41, 5.74) is 0.987. The molecule has 176 valence electrons. The predicted molar refractivity (Wildman–Crippen MR) is 127 cm³/mol. The van der Waals surface area contributed by atoms with E-state index >= 15 is 0 Å². The number of carbonyl (C=O) groups is 3. The number of aromatic nitrogens is 2. The minimum Gasteiger partial charge on any atom is -0.496 e. The number of benzene rings is 1. The van der Waals surface area contributed by atoms with Crippen molar-refractivity contribution in [2.75, 3.05) is 19.0 Å². The average molecular weight is 473 g/mol. The summed E-state index contributed by atoms with van der Waals surface area (Å²) in [7, 11) is 1.63. The van der Waals surface area contributed by atoms with Gasteiger partial charge >= 0.3 is 5.97 Å². The fraction of sp³-hybridized carbons (Fsp3) is 0.391. The molecule has 0 unspecified atom stereocenters. The lowest BCUT2D eigenvalue weighted by atomic mass is 10.1. The van der Waals surface area contributed by atoms with Gasteiger partial charge in [0, 0.05) is 42.4 Å². The first-order chi connectivity index (χ1) is 15.8. The Labute approximate surface area is 195 Å². The highest BCUT2D eigenvalue weighted by atomic mass is 32.1. The van der Waals surface area contributed by atoms with E-state index in [4.69, 9.17) is 4.74 Å². The first-order valence-corrected chi connectivity index (χ1v) is 11.5. The molecule has 0 aliphatic rings. The molecule has 0 atom stereocenters. The average Bonchev–Trinajstić information content (AvgIpc) is 3.35. The van der Waals surface area contributed by atoms with Gasteiger partial charge in [-0.1, -0.05) is 19.9 Å². The van der Waals surface area contributed by atoms with Crippen LogP contribution < -0.4 is 15.4 Å². The van der Waals surface area contributed by atoms with Gasteiger partial charge in [-0.05, 0) is 30.5 Å². The molecule has 2 aromatic heterocycles. The van der Waals surface area contributed by atoms with Crippen molar-refractivity contribution in [3.05, 3.63) is 41.0 Å². The van der Waals surface area contributed by atoms with Crippen LogP contribution in [0.4, 0.5) is 5.13 Å². The minimum atomic E-state index is -1.12. The smallest absolute Gasteiger partial charge is 0.355 e. The normalized spacial score (nSPS) is 11.0. The number of nitrogens with one attached hydrogen (secondary N) is 2. The van der Waals surface area contributed by atoms with Gasteiger partial charge in [-0.2, -0.15) is 0 Å². The van der Waals surface area contributed by atoms with E-state index in [-0.39, 0.29) is 41.4 Å². The molecule has 0 saturated carbocycles. The summed E-state index contributed by atoms with van der Waals surface area (Å²) in [5.74, 6) is -0.660. The summed E-state index contributed by atoms with van der Waals surface area (Å²) in [6.07, 6.45) is 2.53. The highest BCUT2D eigenvalue weighted by molar-refractivity contribution is 7.16. The number of hydrogen-bond donors (Lipinski definition) is 3. The fourth-order valence-corrected chi connectivity index (χ4v) is 4.64. The van der Waals surface area contributed by atoms with E-state index in [1.54, 1.807) is 7.11 Å². The van der Waals surface area contributed by atoms with Gasteiger partial charge in [-0.25, -0.2) is 9.78 Å². The Kier molecular flexibility index (Phi) is 8.05. The molecule has 0 bridgehead atoms. The molecule has 3 N–H and O–H groups in total. The van der Waals surface area contributed by atoms with E-state index in [0.29, 0.717) is 24.4 Å². The van der Waals surface area contributed by atoms with Crippen LogP contribution in [-0.4, -0.2) is 46.1 Å². The first kappa shape index (κ1) is 24.2. The van der Waals surface area contributed by atoms with E-state index in [9.17, 15) is 19.5 Å². The van der Waals surface area contributed by atoms with E-state index in [2.05, 4.69) is 15.6 Å². The van der Waals surface area contributed by atoms with Crippen LogP contribution in [0.25, 0.3) is 10.9 Å². The molecule has 1 aromatic carbocycles. The number of aromatic carboxylic acids is 1. The Bertz CT molecular complexity index is 1150. The number of carboxylic acids is 1. The molecule has 2 amide bonds. The fourth-order valence-electron chi connectivity index (χ4n) is 3.46. The number of methoxy groups -OCH3 is 1. The molecule has 0 aliphatic heterocycles. The molecular weight excluding hydrogens is 444 g/mol. The van der Waals surface area contributed by atoms with Crippen molar-refractivity contribution >= 4 is 45.2 Å². The maximum absolute atomic E-state index is 12.2. The van der Waals surface area contributed by atoms with Gasteiger partial charge in [-0.15, -0.1) is 11.3 Å². The highest BCUT2D eigenvalue weighted by Crippen LogP contribution is 2.27. The van der Waals surface area contributed by atoms with Crippen LogP contribution in [0.2, 0.25) is 0 Å². The highest BCUT2D eigenvalue weighted by Gasteiger charge is 2.19. The molecule has 3 rings (SSSR count). The van der Waals surface area contributed by atoms with Crippen molar-refractivity contribution in [1.82, 2.24) is 14.9 Å². The van der Waals surface area contributed by atoms with E-state index < -0.39 is 5.97 Å². The Morgan fingerprint density at radius 1 is 1.18 bits per heavy atom.